The Kier molecular flexibility index (Phi) is 9.29. The highest BCUT2D eigenvalue weighted by atomic mass is 79.9. The van der Waals surface area contributed by atoms with Crippen LogP contribution in [0.25, 0.3) is 0 Å². The molecule has 7 nitrogen and oxygen atoms in total. The third kappa shape index (κ3) is 7.27. The number of sulfonamides is 1. The van der Waals surface area contributed by atoms with E-state index in [-0.39, 0.29) is 24.1 Å². The molecule has 3 rings (SSSR count). The molecule has 1 aliphatic rings. The van der Waals surface area contributed by atoms with Crippen LogP contribution in [0.3, 0.4) is 0 Å². The molecule has 0 aliphatic heterocycles. The number of para-hydroxylation sites is 1. The van der Waals surface area contributed by atoms with E-state index in [9.17, 15) is 22.4 Å². The summed E-state index contributed by atoms with van der Waals surface area (Å²) in [4.78, 5) is 27.9. The Morgan fingerprint density at radius 2 is 1.71 bits per heavy atom. The molecule has 0 spiro atoms. The minimum Gasteiger partial charge on any atom is -0.352 e. The van der Waals surface area contributed by atoms with Crippen molar-refractivity contribution in [3.8, 4) is 0 Å². The normalized spacial score (nSPS) is 15.3. The molecule has 0 radical (unpaired) electrons. The maximum absolute atomic E-state index is 14.5. The van der Waals surface area contributed by atoms with Crippen LogP contribution in [0, 0.1) is 5.82 Å². The van der Waals surface area contributed by atoms with Gasteiger partial charge in [0.15, 0.2) is 0 Å². The highest BCUT2D eigenvalue weighted by Gasteiger charge is 2.32. The molecule has 1 atom stereocenters. The molecule has 1 aliphatic carbocycles. The van der Waals surface area contributed by atoms with Crippen molar-refractivity contribution >= 4 is 43.5 Å². The molecule has 1 saturated carbocycles. The van der Waals surface area contributed by atoms with Gasteiger partial charge in [-0.1, -0.05) is 49.6 Å². The van der Waals surface area contributed by atoms with E-state index in [1.807, 2.05) is 0 Å². The summed E-state index contributed by atoms with van der Waals surface area (Å²) >= 11 is 3.34. The van der Waals surface area contributed by atoms with E-state index in [0.29, 0.717) is 10.2 Å². The second-order valence-electron chi connectivity index (χ2n) is 8.85. The first kappa shape index (κ1) is 27.1. The van der Waals surface area contributed by atoms with E-state index in [1.54, 1.807) is 49.4 Å². The van der Waals surface area contributed by atoms with Crippen LogP contribution in [-0.2, 0) is 26.2 Å². The van der Waals surface area contributed by atoms with Crippen LogP contribution in [0.15, 0.2) is 53.0 Å². The lowest BCUT2D eigenvalue weighted by Crippen LogP contribution is -2.53. The molecule has 0 saturated heterocycles. The molecule has 0 aromatic heterocycles. The molecule has 2 aromatic carbocycles. The maximum Gasteiger partial charge on any atom is 0.244 e. The molecule has 0 unspecified atom stereocenters. The minimum atomic E-state index is -3.84. The standard InChI is InChI=1S/C25H31BrFN3O4S/c1-18(25(32)28-20-11-4-3-5-12-20)29(16-19-10-6-8-14-22(19)27)24(31)17-30(35(2,33)34)23-15-9-7-13-21(23)26/h6-10,13-15,18,20H,3-5,11-12,16-17H2,1-2H3,(H,28,32)/t18-/m1/s1. The Hall–Kier alpha value is -2.46. The van der Waals surface area contributed by atoms with Crippen LogP contribution < -0.4 is 9.62 Å². The first-order valence-corrected chi connectivity index (χ1v) is 14.3. The average Bonchev–Trinajstić information content (AvgIpc) is 2.82. The summed E-state index contributed by atoms with van der Waals surface area (Å²) in [6, 6.07) is 11.8. The zero-order valence-electron chi connectivity index (χ0n) is 19.9. The summed E-state index contributed by atoms with van der Waals surface area (Å²) in [5, 5.41) is 3.01. The highest BCUT2D eigenvalue weighted by Crippen LogP contribution is 2.28. The molecule has 1 N–H and O–H groups in total. The molecule has 35 heavy (non-hydrogen) atoms. The summed E-state index contributed by atoms with van der Waals surface area (Å²) in [6.07, 6.45) is 5.97. The molecular weight excluding hydrogens is 537 g/mol. The lowest BCUT2D eigenvalue weighted by atomic mass is 9.95. The molecule has 1 fully saturated rings. The fourth-order valence-corrected chi connectivity index (χ4v) is 5.69. The Morgan fingerprint density at radius 3 is 2.34 bits per heavy atom. The van der Waals surface area contributed by atoms with Gasteiger partial charge in [-0.25, -0.2) is 12.8 Å². The van der Waals surface area contributed by atoms with Gasteiger partial charge in [-0.3, -0.25) is 13.9 Å². The largest absolute Gasteiger partial charge is 0.352 e. The van der Waals surface area contributed by atoms with Gasteiger partial charge in [0.1, 0.15) is 18.4 Å². The van der Waals surface area contributed by atoms with E-state index in [4.69, 9.17) is 0 Å². The molecule has 2 aromatic rings. The Balaban J connectivity index is 1.89. The average molecular weight is 569 g/mol. The van der Waals surface area contributed by atoms with Crippen LogP contribution >= 0.6 is 15.9 Å². The predicted octanol–water partition coefficient (Wildman–Crippen LogP) is 4.22. The van der Waals surface area contributed by atoms with E-state index >= 15 is 0 Å². The van der Waals surface area contributed by atoms with Crippen molar-refractivity contribution in [3.05, 3.63) is 64.4 Å². The van der Waals surface area contributed by atoms with Crippen molar-refractivity contribution in [2.75, 3.05) is 17.1 Å². The summed E-state index contributed by atoms with van der Waals surface area (Å²) in [5.74, 6) is -1.45. The number of carbonyl (C=O) groups excluding carboxylic acids is 2. The molecule has 10 heteroatoms. The zero-order chi connectivity index (χ0) is 25.6. The van der Waals surface area contributed by atoms with Gasteiger partial charge in [0.05, 0.1) is 11.9 Å². The molecule has 0 bridgehead atoms. The van der Waals surface area contributed by atoms with Gasteiger partial charge in [0, 0.05) is 22.6 Å². The quantitative estimate of drug-likeness (QED) is 0.491. The van der Waals surface area contributed by atoms with Gasteiger partial charge in [-0.2, -0.15) is 0 Å². The van der Waals surface area contributed by atoms with Crippen molar-refractivity contribution in [3.63, 3.8) is 0 Å². The van der Waals surface area contributed by atoms with Crippen molar-refractivity contribution in [1.29, 1.82) is 0 Å². The van der Waals surface area contributed by atoms with E-state index in [0.717, 1.165) is 42.7 Å². The molecule has 0 heterocycles. The summed E-state index contributed by atoms with van der Waals surface area (Å²) in [5.41, 5.74) is 0.540. The van der Waals surface area contributed by atoms with Crippen LogP contribution in [0.1, 0.15) is 44.6 Å². The number of nitrogens with zero attached hydrogens (tertiary/aromatic N) is 2. The molecular formula is C25H31BrFN3O4S. The number of carbonyl (C=O) groups is 2. The van der Waals surface area contributed by atoms with Gasteiger partial charge < -0.3 is 10.2 Å². The second-order valence-corrected chi connectivity index (χ2v) is 11.6. The van der Waals surface area contributed by atoms with E-state index in [2.05, 4.69) is 21.2 Å². The van der Waals surface area contributed by atoms with Crippen molar-refractivity contribution in [2.24, 2.45) is 0 Å². The number of amides is 2. The third-order valence-corrected chi connectivity index (χ3v) is 8.01. The van der Waals surface area contributed by atoms with Gasteiger partial charge in [0.2, 0.25) is 21.8 Å². The number of nitrogens with one attached hydrogen (secondary N) is 1. The van der Waals surface area contributed by atoms with Gasteiger partial charge >= 0.3 is 0 Å². The SMILES string of the molecule is C[C@H](C(=O)NC1CCCCC1)N(Cc1ccccc1F)C(=O)CN(c1ccccc1Br)S(C)(=O)=O. The smallest absolute Gasteiger partial charge is 0.244 e. The maximum atomic E-state index is 14.5. The summed E-state index contributed by atoms with van der Waals surface area (Å²) in [7, 11) is -3.84. The van der Waals surface area contributed by atoms with Crippen LogP contribution in [-0.4, -0.2) is 50.0 Å². The van der Waals surface area contributed by atoms with E-state index < -0.39 is 34.3 Å². The lowest BCUT2D eigenvalue weighted by molar-refractivity contribution is -0.139. The molecule has 190 valence electrons. The lowest BCUT2D eigenvalue weighted by Gasteiger charge is -2.33. The number of hydrogen-bond donors (Lipinski definition) is 1. The van der Waals surface area contributed by atoms with Gasteiger partial charge in [-0.05, 0) is 53.9 Å². The Bertz CT molecular complexity index is 1150. The second kappa shape index (κ2) is 12.0. The number of benzene rings is 2. The van der Waals surface area contributed by atoms with Crippen LogP contribution in [0.5, 0.6) is 0 Å². The Morgan fingerprint density at radius 1 is 1.09 bits per heavy atom. The summed E-state index contributed by atoms with van der Waals surface area (Å²) < 4.78 is 41.2. The predicted molar refractivity (Wildman–Crippen MR) is 138 cm³/mol. The fraction of sp³-hybridized carbons (Fsp3) is 0.440. The first-order chi connectivity index (χ1) is 16.6. The minimum absolute atomic E-state index is 0.0388. The third-order valence-electron chi connectivity index (χ3n) is 6.22. The van der Waals surface area contributed by atoms with Crippen LogP contribution in [0.2, 0.25) is 0 Å². The van der Waals surface area contributed by atoms with Gasteiger partial charge in [-0.15, -0.1) is 0 Å². The van der Waals surface area contributed by atoms with Gasteiger partial charge in [0.25, 0.3) is 0 Å². The monoisotopic (exact) mass is 567 g/mol. The highest BCUT2D eigenvalue weighted by molar-refractivity contribution is 9.10. The van der Waals surface area contributed by atoms with Crippen LogP contribution in [0.4, 0.5) is 10.1 Å². The zero-order valence-corrected chi connectivity index (χ0v) is 22.3. The van der Waals surface area contributed by atoms with Crippen molar-refractivity contribution in [2.45, 2.75) is 57.7 Å². The van der Waals surface area contributed by atoms with Crippen molar-refractivity contribution < 1.29 is 22.4 Å². The number of anilines is 1. The van der Waals surface area contributed by atoms with Crippen molar-refractivity contribution in [1.82, 2.24) is 10.2 Å². The fourth-order valence-electron chi connectivity index (χ4n) is 4.21. The number of halogens is 2. The topological polar surface area (TPSA) is 86.8 Å². The first-order valence-electron chi connectivity index (χ1n) is 11.6. The molecule has 2 amide bonds. The Labute approximate surface area is 214 Å². The number of hydrogen-bond acceptors (Lipinski definition) is 4. The van der Waals surface area contributed by atoms with E-state index in [1.165, 1.54) is 11.0 Å². The number of rotatable bonds is 9. The summed E-state index contributed by atoms with van der Waals surface area (Å²) in [6.45, 7) is 0.884.